The van der Waals surface area contributed by atoms with Gasteiger partial charge in [0.15, 0.2) is 5.03 Å². The average Bonchev–Trinajstić information content (AvgIpc) is 2.96. The van der Waals surface area contributed by atoms with Crippen LogP contribution in [0.1, 0.15) is 27.4 Å². The highest BCUT2D eigenvalue weighted by atomic mass is 32.2. The number of carboxylic acid groups (broad SMARTS) is 1. The van der Waals surface area contributed by atoms with Gasteiger partial charge in [0.05, 0.1) is 11.9 Å². The molecule has 0 radical (unpaired) electrons. The first-order valence-electron chi connectivity index (χ1n) is 5.51. The first-order valence-corrected chi connectivity index (χ1v) is 6.99. The second-order valence-corrected chi connectivity index (χ2v) is 5.75. The fraction of sp³-hybridized carbons (Fsp3) is 0.300. The Kier molecular flexibility index (Phi) is 3.59. The Labute approximate surface area is 114 Å². The van der Waals surface area contributed by atoms with Crippen LogP contribution in [0.25, 0.3) is 0 Å². The molecule has 0 saturated heterocycles. The quantitative estimate of drug-likeness (QED) is 0.716. The summed E-state index contributed by atoms with van der Waals surface area (Å²) in [7, 11) is -4.02. The maximum atomic E-state index is 12.0. The number of hydrogen-bond donors (Lipinski definition) is 3. The van der Waals surface area contributed by atoms with Crippen molar-refractivity contribution in [1.29, 1.82) is 0 Å². The van der Waals surface area contributed by atoms with E-state index >= 15 is 0 Å². The molecule has 0 atom stereocenters. The van der Waals surface area contributed by atoms with Gasteiger partial charge in [-0.1, -0.05) is 5.16 Å². The predicted octanol–water partition coefficient (Wildman–Crippen LogP) is 0.191. The molecule has 0 amide bonds. The van der Waals surface area contributed by atoms with E-state index in [9.17, 15) is 13.2 Å². The van der Waals surface area contributed by atoms with Crippen LogP contribution in [0, 0.1) is 13.8 Å². The van der Waals surface area contributed by atoms with E-state index in [1.165, 1.54) is 0 Å². The van der Waals surface area contributed by atoms with E-state index in [2.05, 4.69) is 20.1 Å². The van der Waals surface area contributed by atoms with Crippen LogP contribution in [0.4, 0.5) is 0 Å². The molecule has 2 aromatic rings. The SMILES string of the molecule is Cc1noc(C)c1CNS(=O)(=O)c1[nH]ncc1C(=O)O. The van der Waals surface area contributed by atoms with Crippen molar-refractivity contribution in [2.24, 2.45) is 0 Å². The fourth-order valence-corrected chi connectivity index (χ4v) is 2.71. The van der Waals surface area contributed by atoms with Gasteiger partial charge in [0.25, 0.3) is 10.0 Å². The number of aromatic amines is 1. The fourth-order valence-electron chi connectivity index (χ4n) is 1.63. The standard InChI is InChI=1S/C10H12N4O5S/c1-5-7(6(2)19-14-5)4-12-20(17,18)9-8(10(15)16)3-11-13-9/h3,12H,4H2,1-2H3,(H,11,13)(H,15,16). The minimum atomic E-state index is -4.02. The largest absolute Gasteiger partial charge is 0.478 e. The Hall–Kier alpha value is -2.20. The zero-order valence-corrected chi connectivity index (χ0v) is 11.5. The van der Waals surface area contributed by atoms with Crippen LogP contribution in [0.2, 0.25) is 0 Å². The summed E-state index contributed by atoms with van der Waals surface area (Å²) >= 11 is 0. The lowest BCUT2D eigenvalue weighted by molar-refractivity contribution is 0.0692. The monoisotopic (exact) mass is 300 g/mol. The normalized spacial score (nSPS) is 11.7. The zero-order chi connectivity index (χ0) is 14.9. The minimum absolute atomic E-state index is 0.0540. The van der Waals surface area contributed by atoms with Gasteiger partial charge < -0.3 is 9.63 Å². The number of nitrogens with one attached hydrogen (secondary N) is 2. The number of rotatable bonds is 5. The van der Waals surface area contributed by atoms with E-state index in [-0.39, 0.29) is 6.54 Å². The molecule has 0 spiro atoms. The van der Waals surface area contributed by atoms with Crippen LogP contribution in [-0.4, -0.2) is 34.8 Å². The van der Waals surface area contributed by atoms with Crippen molar-refractivity contribution in [3.05, 3.63) is 28.8 Å². The topological polar surface area (TPSA) is 138 Å². The van der Waals surface area contributed by atoms with Gasteiger partial charge in [-0.3, -0.25) is 5.10 Å². The molecule has 0 unspecified atom stereocenters. The number of aromatic nitrogens is 3. The summed E-state index contributed by atoms with van der Waals surface area (Å²) in [5.41, 5.74) is 0.745. The molecule has 0 saturated carbocycles. The lowest BCUT2D eigenvalue weighted by atomic mass is 10.2. The third-order valence-corrected chi connectivity index (χ3v) is 4.10. The van der Waals surface area contributed by atoms with Gasteiger partial charge in [-0.25, -0.2) is 17.9 Å². The predicted molar refractivity (Wildman–Crippen MR) is 65.5 cm³/mol. The molecule has 3 N–H and O–H groups in total. The molecule has 9 nitrogen and oxygen atoms in total. The number of nitrogens with zero attached hydrogens (tertiary/aromatic N) is 2. The van der Waals surface area contributed by atoms with E-state index in [1.807, 2.05) is 0 Å². The molecule has 0 fully saturated rings. The summed E-state index contributed by atoms with van der Waals surface area (Å²) in [5.74, 6) is -0.885. The molecule has 2 aromatic heterocycles. The molecule has 0 aromatic carbocycles. The molecular formula is C10H12N4O5S. The van der Waals surface area contributed by atoms with Crippen molar-refractivity contribution in [1.82, 2.24) is 20.1 Å². The van der Waals surface area contributed by atoms with Crippen LogP contribution in [0.15, 0.2) is 15.7 Å². The van der Waals surface area contributed by atoms with Crippen molar-refractivity contribution in [3.8, 4) is 0 Å². The number of carbonyl (C=O) groups is 1. The lowest BCUT2D eigenvalue weighted by Crippen LogP contribution is -2.25. The highest BCUT2D eigenvalue weighted by molar-refractivity contribution is 7.89. The second kappa shape index (κ2) is 5.06. The third-order valence-electron chi connectivity index (χ3n) is 2.72. The van der Waals surface area contributed by atoms with Crippen molar-refractivity contribution >= 4 is 16.0 Å². The summed E-state index contributed by atoms with van der Waals surface area (Å²) in [6.45, 7) is 3.28. The number of hydrogen-bond acceptors (Lipinski definition) is 6. The van der Waals surface area contributed by atoms with E-state index in [0.717, 1.165) is 6.20 Å². The number of H-pyrrole nitrogens is 1. The highest BCUT2D eigenvalue weighted by Gasteiger charge is 2.25. The van der Waals surface area contributed by atoms with Gasteiger partial charge >= 0.3 is 5.97 Å². The molecule has 0 aliphatic rings. The lowest BCUT2D eigenvalue weighted by Gasteiger charge is -2.05. The molecule has 2 rings (SSSR count). The Morgan fingerprint density at radius 2 is 2.20 bits per heavy atom. The number of carboxylic acids is 1. The Bertz CT molecular complexity index is 726. The third kappa shape index (κ3) is 2.56. The second-order valence-electron chi connectivity index (χ2n) is 4.05. The van der Waals surface area contributed by atoms with Crippen LogP contribution in [0.5, 0.6) is 0 Å². The van der Waals surface area contributed by atoms with Crippen LogP contribution in [0.3, 0.4) is 0 Å². The Morgan fingerprint density at radius 3 is 2.75 bits per heavy atom. The van der Waals surface area contributed by atoms with Crippen molar-refractivity contribution < 1.29 is 22.8 Å². The van der Waals surface area contributed by atoms with E-state index in [0.29, 0.717) is 17.0 Å². The molecule has 10 heteroatoms. The number of aromatic carboxylic acids is 1. The average molecular weight is 300 g/mol. The highest BCUT2D eigenvalue weighted by Crippen LogP contribution is 2.15. The van der Waals surface area contributed by atoms with Gasteiger partial charge in [0.2, 0.25) is 0 Å². The van der Waals surface area contributed by atoms with Gasteiger partial charge in [-0.05, 0) is 13.8 Å². The van der Waals surface area contributed by atoms with Gasteiger partial charge in [-0.2, -0.15) is 5.10 Å². The zero-order valence-electron chi connectivity index (χ0n) is 10.7. The first kappa shape index (κ1) is 14.2. The smallest absolute Gasteiger partial charge is 0.340 e. The van der Waals surface area contributed by atoms with Crippen LogP contribution in [-0.2, 0) is 16.6 Å². The van der Waals surface area contributed by atoms with E-state index < -0.39 is 26.6 Å². The summed E-state index contributed by atoms with van der Waals surface area (Å²) < 4.78 is 31.3. The van der Waals surface area contributed by atoms with Crippen molar-refractivity contribution in [3.63, 3.8) is 0 Å². The summed E-state index contributed by atoms with van der Waals surface area (Å²) in [5, 5.41) is 17.7. The Morgan fingerprint density at radius 1 is 1.50 bits per heavy atom. The summed E-state index contributed by atoms with van der Waals surface area (Å²) in [4.78, 5) is 10.9. The van der Waals surface area contributed by atoms with Gasteiger partial charge in [0.1, 0.15) is 11.3 Å². The molecule has 0 aliphatic carbocycles. The molecular weight excluding hydrogens is 288 g/mol. The van der Waals surface area contributed by atoms with Gasteiger partial charge in [-0.15, -0.1) is 0 Å². The van der Waals surface area contributed by atoms with Gasteiger partial charge in [0, 0.05) is 12.1 Å². The molecule has 2 heterocycles. The minimum Gasteiger partial charge on any atom is -0.478 e. The van der Waals surface area contributed by atoms with E-state index in [1.54, 1.807) is 13.8 Å². The maximum absolute atomic E-state index is 12.0. The molecule has 108 valence electrons. The van der Waals surface area contributed by atoms with Crippen LogP contribution >= 0.6 is 0 Å². The molecule has 20 heavy (non-hydrogen) atoms. The molecule has 0 aliphatic heterocycles. The number of aryl methyl sites for hydroxylation is 2. The summed E-state index contributed by atoms with van der Waals surface area (Å²) in [6.07, 6.45) is 0.937. The summed E-state index contributed by atoms with van der Waals surface area (Å²) in [6, 6.07) is 0. The van der Waals surface area contributed by atoms with Crippen molar-refractivity contribution in [2.45, 2.75) is 25.4 Å². The maximum Gasteiger partial charge on any atom is 0.340 e. The first-order chi connectivity index (χ1) is 9.33. The number of sulfonamides is 1. The Balaban J connectivity index is 2.24. The van der Waals surface area contributed by atoms with E-state index in [4.69, 9.17) is 9.63 Å². The van der Waals surface area contributed by atoms with Crippen molar-refractivity contribution in [2.75, 3.05) is 0 Å². The molecule has 0 bridgehead atoms. The van der Waals surface area contributed by atoms with Crippen LogP contribution < -0.4 is 4.72 Å².